The molecule has 3 aromatic rings. The van der Waals surface area contributed by atoms with Crippen LogP contribution in [-0.2, 0) is 10.5 Å². The lowest BCUT2D eigenvalue weighted by Gasteiger charge is -2.03. The second-order valence-electron chi connectivity index (χ2n) is 6.68. The fourth-order valence-corrected chi connectivity index (χ4v) is 6.50. The van der Waals surface area contributed by atoms with Gasteiger partial charge in [0.25, 0.3) is 5.69 Å². The van der Waals surface area contributed by atoms with E-state index in [9.17, 15) is 14.9 Å². The Bertz CT molecular complexity index is 1010. The molecule has 1 heterocycles. The predicted molar refractivity (Wildman–Crippen MR) is 129 cm³/mol. The van der Waals surface area contributed by atoms with Crippen molar-refractivity contribution in [3.05, 3.63) is 80.7 Å². The number of aryl methyl sites for hydroxylation is 2. The van der Waals surface area contributed by atoms with Gasteiger partial charge in [0.1, 0.15) is 4.21 Å². The molecule has 0 spiro atoms. The zero-order chi connectivity index (χ0) is 21.5. The van der Waals surface area contributed by atoms with Crippen molar-refractivity contribution in [2.75, 3.05) is 11.5 Å². The van der Waals surface area contributed by atoms with E-state index in [-0.39, 0.29) is 22.1 Å². The Morgan fingerprint density at radius 3 is 2.00 bits per heavy atom. The van der Waals surface area contributed by atoms with E-state index in [0.29, 0.717) is 21.3 Å². The SMILES string of the molecule is Cc1ccc(SCC(=O)CSc2scc(CSc3ccc(C)cc3)c2[N+](=O)[O-])cc1. The van der Waals surface area contributed by atoms with Crippen LogP contribution in [0, 0.1) is 24.0 Å². The van der Waals surface area contributed by atoms with Crippen LogP contribution in [0.4, 0.5) is 5.69 Å². The van der Waals surface area contributed by atoms with Crippen LogP contribution < -0.4 is 0 Å². The lowest BCUT2D eigenvalue weighted by Crippen LogP contribution is -2.04. The van der Waals surface area contributed by atoms with Gasteiger partial charge in [-0.3, -0.25) is 14.9 Å². The average molecular weight is 476 g/mol. The predicted octanol–water partition coefficient (Wildman–Crippen LogP) is 7.02. The third-order valence-corrected chi connectivity index (χ3v) is 8.70. The number of nitro groups is 1. The smallest absolute Gasteiger partial charge is 0.297 e. The van der Waals surface area contributed by atoms with Crippen molar-refractivity contribution < 1.29 is 9.72 Å². The summed E-state index contributed by atoms with van der Waals surface area (Å²) in [5, 5.41) is 13.5. The number of hydrogen-bond donors (Lipinski definition) is 0. The quantitative estimate of drug-likeness (QED) is 0.178. The number of ketones is 1. The van der Waals surface area contributed by atoms with Crippen LogP contribution in [0.2, 0.25) is 0 Å². The van der Waals surface area contributed by atoms with Gasteiger partial charge in [-0.2, -0.15) is 0 Å². The maximum atomic E-state index is 12.3. The maximum absolute atomic E-state index is 12.3. The molecular weight excluding hydrogens is 455 g/mol. The number of carbonyl (C=O) groups is 1. The lowest BCUT2D eigenvalue weighted by atomic mass is 10.2. The van der Waals surface area contributed by atoms with Gasteiger partial charge < -0.3 is 0 Å². The van der Waals surface area contributed by atoms with Crippen molar-refractivity contribution in [1.82, 2.24) is 0 Å². The third kappa shape index (κ3) is 6.63. The highest BCUT2D eigenvalue weighted by atomic mass is 32.2. The van der Waals surface area contributed by atoms with Crippen molar-refractivity contribution >= 4 is 58.1 Å². The first-order valence-corrected chi connectivity index (χ1v) is 13.0. The van der Waals surface area contributed by atoms with Crippen LogP contribution in [0.3, 0.4) is 0 Å². The average Bonchev–Trinajstić information content (AvgIpc) is 3.14. The molecule has 0 aliphatic rings. The Kier molecular flexibility index (Phi) is 8.44. The van der Waals surface area contributed by atoms with Gasteiger partial charge in [-0.25, -0.2) is 0 Å². The Morgan fingerprint density at radius 1 is 0.900 bits per heavy atom. The molecule has 0 atom stereocenters. The van der Waals surface area contributed by atoms with Gasteiger partial charge in [-0.1, -0.05) is 35.4 Å². The summed E-state index contributed by atoms with van der Waals surface area (Å²) in [6, 6.07) is 16.2. The molecule has 3 rings (SSSR count). The van der Waals surface area contributed by atoms with E-state index in [1.54, 1.807) is 11.8 Å². The minimum Gasteiger partial charge on any atom is -0.298 e. The molecule has 0 aliphatic heterocycles. The van der Waals surface area contributed by atoms with E-state index in [1.807, 2.05) is 67.8 Å². The van der Waals surface area contributed by atoms with Crippen molar-refractivity contribution in [2.24, 2.45) is 0 Å². The van der Waals surface area contributed by atoms with Crippen LogP contribution in [-0.4, -0.2) is 22.2 Å². The summed E-state index contributed by atoms with van der Waals surface area (Å²) in [5.41, 5.74) is 3.22. The highest BCUT2D eigenvalue weighted by Gasteiger charge is 2.23. The zero-order valence-electron chi connectivity index (χ0n) is 16.6. The fraction of sp³-hybridized carbons (Fsp3) is 0.227. The summed E-state index contributed by atoms with van der Waals surface area (Å²) >= 11 is 5.70. The van der Waals surface area contributed by atoms with Gasteiger partial charge in [-0.05, 0) is 38.1 Å². The molecule has 0 saturated heterocycles. The number of nitrogens with zero attached hydrogens (tertiary/aromatic N) is 1. The molecule has 0 amide bonds. The molecule has 156 valence electrons. The minimum atomic E-state index is -0.324. The van der Waals surface area contributed by atoms with E-state index < -0.39 is 0 Å². The number of carbonyl (C=O) groups excluding carboxylic acids is 1. The van der Waals surface area contributed by atoms with Crippen LogP contribution in [0.5, 0.6) is 0 Å². The first-order chi connectivity index (χ1) is 14.4. The standard InChI is InChI=1S/C22H21NO3S4/c1-15-3-7-19(8-4-15)27-11-17-12-29-22(21(17)23(25)26)30-14-18(24)13-28-20-9-5-16(2)6-10-20/h3-10,12H,11,13-14H2,1-2H3. The number of rotatable bonds is 10. The molecule has 8 heteroatoms. The van der Waals surface area contributed by atoms with Gasteiger partial charge in [0.2, 0.25) is 0 Å². The molecule has 4 nitrogen and oxygen atoms in total. The Morgan fingerprint density at radius 2 is 1.43 bits per heavy atom. The monoisotopic (exact) mass is 475 g/mol. The highest BCUT2D eigenvalue weighted by Crippen LogP contribution is 2.41. The van der Waals surface area contributed by atoms with Crippen LogP contribution in [0.1, 0.15) is 16.7 Å². The maximum Gasteiger partial charge on any atom is 0.297 e. The summed E-state index contributed by atoms with van der Waals surface area (Å²) in [6.45, 7) is 4.06. The highest BCUT2D eigenvalue weighted by molar-refractivity contribution is 8.02. The van der Waals surface area contributed by atoms with Gasteiger partial charge >= 0.3 is 0 Å². The largest absolute Gasteiger partial charge is 0.298 e. The molecule has 0 fully saturated rings. The number of thioether (sulfide) groups is 3. The summed E-state index contributed by atoms with van der Waals surface area (Å²) in [5.74, 6) is 1.22. The Labute approximate surface area is 193 Å². The fourth-order valence-electron chi connectivity index (χ4n) is 2.55. The van der Waals surface area contributed by atoms with Crippen LogP contribution in [0.15, 0.2) is 67.9 Å². The van der Waals surface area contributed by atoms with Crippen molar-refractivity contribution in [1.29, 1.82) is 0 Å². The van der Waals surface area contributed by atoms with E-state index in [1.165, 1.54) is 46.0 Å². The molecule has 30 heavy (non-hydrogen) atoms. The number of thiophene rings is 1. The third-order valence-electron chi connectivity index (χ3n) is 4.19. The van der Waals surface area contributed by atoms with E-state index >= 15 is 0 Å². The van der Waals surface area contributed by atoms with Gasteiger partial charge in [0, 0.05) is 20.9 Å². The van der Waals surface area contributed by atoms with Crippen LogP contribution >= 0.6 is 46.6 Å². The molecule has 0 saturated carbocycles. The number of Topliss-reactive ketones (excluding diaryl/α,β-unsaturated/α-hetero) is 1. The molecule has 0 unspecified atom stereocenters. The second kappa shape index (κ2) is 11.0. The normalized spacial score (nSPS) is 10.9. The number of benzene rings is 2. The second-order valence-corrected chi connectivity index (χ2v) is 10.9. The molecule has 0 N–H and O–H groups in total. The molecule has 1 aromatic heterocycles. The van der Waals surface area contributed by atoms with E-state index in [4.69, 9.17) is 0 Å². The van der Waals surface area contributed by atoms with Gasteiger partial charge in [0.15, 0.2) is 5.78 Å². The van der Waals surface area contributed by atoms with Crippen LogP contribution in [0.25, 0.3) is 0 Å². The molecule has 0 radical (unpaired) electrons. The van der Waals surface area contributed by atoms with Crippen molar-refractivity contribution in [3.63, 3.8) is 0 Å². The van der Waals surface area contributed by atoms with E-state index in [0.717, 1.165) is 9.79 Å². The molecule has 2 aromatic carbocycles. The zero-order valence-corrected chi connectivity index (χ0v) is 19.9. The first-order valence-electron chi connectivity index (χ1n) is 9.20. The minimum absolute atomic E-state index is 0.0730. The Balaban J connectivity index is 1.56. The lowest BCUT2D eigenvalue weighted by molar-refractivity contribution is -0.387. The summed E-state index contributed by atoms with van der Waals surface area (Å²) < 4.78 is 0.605. The number of hydrogen-bond acceptors (Lipinski definition) is 7. The van der Waals surface area contributed by atoms with E-state index in [2.05, 4.69) is 0 Å². The summed E-state index contributed by atoms with van der Waals surface area (Å²) in [4.78, 5) is 25.7. The molecular formula is C22H21NO3S4. The van der Waals surface area contributed by atoms with Crippen molar-refractivity contribution in [3.8, 4) is 0 Å². The van der Waals surface area contributed by atoms with Crippen molar-refractivity contribution in [2.45, 2.75) is 33.6 Å². The molecule has 0 bridgehead atoms. The first kappa shape index (κ1) is 22.9. The van der Waals surface area contributed by atoms with Gasteiger partial charge in [0.05, 0.1) is 22.0 Å². The topological polar surface area (TPSA) is 60.2 Å². The summed E-state index contributed by atoms with van der Waals surface area (Å²) in [7, 11) is 0. The molecule has 0 aliphatic carbocycles. The Hall–Kier alpha value is -1.74. The summed E-state index contributed by atoms with van der Waals surface area (Å²) in [6.07, 6.45) is 0. The van der Waals surface area contributed by atoms with Gasteiger partial charge in [-0.15, -0.1) is 46.6 Å².